The number of benzene rings is 2. The fourth-order valence-corrected chi connectivity index (χ4v) is 4.84. The van der Waals surface area contributed by atoms with Crippen molar-refractivity contribution < 1.29 is 17.9 Å². The predicted octanol–water partition coefficient (Wildman–Crippen LogP) is 2.02. The number of aliphatic imine (C=N–C) groups is 1. The van der Waals surface area contributed by atoms with Crippen molar-refractivity contribution in [2.75, 3.05) is 43.8 Å². The molecule has 0 bridgehead atoms. The molecule has 31 heavy (non-hydrogen) atoms. The summed E-state index contributed by atoms with van der Waals surface area (Å²) < 4.78 is 38.2. The van der Waals surface area contributed by atoms with Crippen LogP contribution in [-0.4, -0.2) is 60.0 Å². The number of para-hydroxylation sites is 1. The quantitative estimate of drug-likeness (QED) is 0.452. The van der Waals surface area contributed by atoms with Crippen LogP contribution in [0, 0.1) is 0 Å². The molecule has 2 N–H and O–H groups in total. The fraction of sp³-hybridized carbons (Fsp3) is 0.409. The number of hydrogen-bond acceptors (Lipinski definition) is 5. The average Bonchev–Trinajstić information content (AvgIpc) is 3.21. The second-order valence-electron chi connectivity index (χ2n) is 7.25. The van der Waals surface area contributed by atoms with E-state index in [-0.39, 0.29) is 18.4 Å². The molecule has 0 aliphatic carbocycles. The number of rotatable bonds is 9. The molecule has 3 rings (SSSR count). The normalized spacial score (nSPS) is 14.7. The van der Waals surface area contributed by atoms with Crippen molar-refractivity contribution in [1.29, 1.82) is 0 Å². The monoisotopic (exact) mass is 446 g/mol. The molecule has 0 amide bonds. The third-order valence-corrected chi connectivity index (χ3v) is 6.76. The van der Waals surface area contributed by atoms with Crippen LogP contribution in [0.15, 0.2) is 53.5 Å². The van der Waals surface area contributed by atoms with Crippen LogP contribution in [-0.2, 0) is 16.4 Å². The summed E-state index contributed by atoms with van der Waals surface area (Å²) >= 11 is 0. The van der Waals surface area contributed by atoms with Gasteiger partial charge in [-0.3, -0.25) is 9.30 Å². The van der Waals surface area contributed by atoms with Gasteiger partial charge in [-0.2, -0.15) is 0 Å². The summed E-state index contributed by atoms with van der Waals surface area (Å²) in [4.78, 5) is 4.16. The lowest BCUT2D eigenvalue weighted by Gasteiger charge is -2.21. The lowest BCUT2D eigenvalue weighted by Crippen LogP contribution is -2.44. The van der Waals surface area contributed by atoms with E-state index in [9.17, 15) is 8.42 Å². The number of anilines is 1. The highest BCUT2D eigenvalue weighted by Gasteiger charge is 2.28. The van der Waals surface area contributed by atoms with Crippen LogP contribution in [0.1, 0.15) is 12.5 Å². The molecular weight excluding hydrogens is 416 g/mol. The van der Waals surface area contributed by atoms with E-state index in [0.29, 0.717) is 24.8 Å². The second kappa shape index (κ2) is 10.4. The van der Waals surface area contributed by atoms with E-state index >= 15 is 0 Å². The predicted molar refractivity (Wildman–Crippen MR) is 124 cm³/mol. The van der Waals surface area contributed by atoms with Crippen LogP contribution in [0.4, 0.5) is 5.69 Å². The van der Waals surface area contributed by atoms with Crippen LogP contribution in [0.25, 0.3) is 0 Å². The summed E-state index contributed by atoms with van der Waals surface area (Å²) in [6.45, 7) is 3.19. The molecule has 0 spiro atoms. The molecule has 2 aromatic carbocycles. The maximum absolute atomic E-state index is 12.8. The minimum absolute atomic E-state index is 0.0160. The van der Waals surface area contributed by atoms with E-state index in [1.807, 2.05) is 55.5 Å². The standard InChI is InChI=1S/C22H30N4O4S/c1-17(30-20-9-6-8-19(15-20)29-3)16-25-22(23-2)24-12-14-31(27,28)26-13-11-18-7-4-5-10-21(18)26/h4-10,15,17H,11-14,16H2,1-3H3,(H2,23,24,25). The molecule has 0 fully saturated rings. The van der Waals surface area contributed by atoms with Crippen LogP contribution in [0.5, 0.6) is 11.5 Å². The Morgan fingerprint density at radius 1 is 1.16 bits per heavy atom. The topological polar surface area (TPSA) is 92.3 Å². The summed E-state index contributed by atoms with van der Waals surface area (Å²) in [5.41, 5.74) is 1.86. The molecule has 1 aliphatic rings. The summed E-state index contributed by atoms with van der Waals surface area (Å²) in [6, 6.07) is 15.1. The minimum Gasteiger partial charge on any atom is -0.497 e. The van der Waals surface area contributed by atoms with Crippen molar-refractivity contribution in [3.63, 3.8) is 0 Å². The number of sulfonamides is 1. The summed E-state index contributed by atoms with van der Waals surface area (Å²) in [6.07, 6.45) is 0.618. The lowest BCUT2D eigenvalue weighted by molar-refractivity contribution is 0.223. The number of methoxy groups -OCH3 is 1. The van der Waals surface area contributed by atoms with E-state index in [1.54, 1.807) is 14.2 Å². The number of nitrogens with one attached hydrogen (secondary N) is 2. The molecule has 0 radical (unpaired) electrons. The summed E-state index contributed by atoms with van der Waals surface area (Å²) in [5, 5.41) is 6.23. The average molecular weight is 447 g/mol. The zero-order valence-electron chi connectivity index (χ0n) is 18.2. The van der Waals surface area contributed by atoms with Gasteiger partial charge < -0.3 is 20.1 Å². The number of fused-ring (bicyclic) bond motifs is 1. The fourth-order valence-electron chi connectivity index (χ4n) is 3.42. The first-order valence-corrected chi connectivity index (χ1v) is 11.9. The van der Waals surface area contributed by atoms with Crippen LogP contribution >= 0.6 is 0 Å². The molecule has 0 saturated carbocycles. The smallest absolute Gasteiger partial charge is 0.236 e. The zero-order valence-corrected chi connectivity index (χ0v) is 19.0. The van der Waals surface area contributed by atoms with Crippen molar-refractivity contribution in [2.24, 2.45) is 4.99 Å². The molecule has 1 aliphatic heterocycles. The largest absolute Gasteiger partial charge is 0.497 e. The van der Waals surface area contributed by atoms with Crippen molar-refractivity contribution >= 4 is 21.7 Å². The van der Waals surface area contributed by atoms with E-state index < -0.39 is 10.0 Å². The van der Waals surface area contributed by atoms with Crippen molar-refractivity contribution in [3.05, 3.63) is 54.1 Å². The first-order chi connectivity index (χ1) is 14.9. The molecule has 8 nitrogen and oxygen atoms in total. The maximum Gasteiger partial charge on any atom is 0.236 e. The van der Waals surface area contributed by atoms with Crippen molar-refractivity contribution in [1.82, 2.24) is 10.6 Å². The van der Waals surface area contributed by atoms with Crippen LogP contribution < -0.4 is 24.4 Å². The molecule has 9 heteroatoms. The highest BCUT2D eigenvalue weighted by Crippen LogP contribution is 2.29. The van der Waals surface area contributed by atoms with Gasteiger partial charge in [0.25, 0.3) is 0 Å². The first-order valence-electron chi connectivity index (χ1n) is 10.3. The molecule has 2 aromatic rings. The Balaban J connectivity index is 1.45. The van der Waals surface area contributed by atoms with Crippen molar-refractivity contribution in [3.8, 4) is 11.5 Å². The highest BCUT2D eigenvalue weighted by atomic mass is 32.2. The van der Waals surface area contributed by atoms with Gasteiger partial charge in [0, 0.05) is 26.2 Å². The van der Waals surface area contributed by atoms with E-state index in [2.05, 4.69) is 15.6 Å². The molecule has 168 valence electrons. The zero-order chi connectivity index (χ0) is 22.3. The molecular formula is C22H30N4O4S. The van der Waals surface area contributed by atoms with Gasteiger partial charge in [-0.15, -0.1) is 0 Å². The third kappa shape index (κ3) is 6.04. The number of ether oxygens (including phenoxy) is 2. The molecule has 0 aromatic heterocycles. The van der Waals surface area contributed by atoms with Crippen LogP contribution in [0.3, 0.4) is 0 Å². The first kappa shape index (κ1) is 22.7. The van der Waals surface area contributed by atoms with Crippen LogP contribution in [0.2, 0.25) is 0 Å². The lowest BCUT2D eigenvalue weighted by atomic mass is 10.2. The molecule has 1 heterocycles. The van der Waals surface area contributed by atoms with Crippen molar-refractivity contribution in [2.45, 2.75) is 19.4 Å². The maximum atomic E-state index is 12.8. The highest BCUT2D eigenvalue weighted by molar-refractivity contribution is 7.92. The number of nitrogens with zero attached hydrogens (tertiary/aromatic N) is 2. The summed E-state index contributed by atoms with van der Waals surface area (Å²) in [5.74, 6) is 1.96. The minimum atomic E-state index is -3.40. The van der Waals surface area contributed by atoms with Gasteiger partial charge in [-0.25, -0.2) is 8.42 Å². The van der Waals surface area contributed by atoms with Gasteiger partial charge in [-0.1, -0.05) is 24.3 Å². The number of hydrogen-bond donors (Lipinski definition) is 2. The van der Waals surface area contributed by atoms with Gasteiger partial charge in [0.15, 0.2) is 5.96 Å². The van der Waals surface area contributed by atoms with Gasteiger partial charge >= 0.3 is 0 Å². The molecule has 0 saturated heterocycles. The van der Waals surface area contributed by atoms with Gasteiger partial charge in [-0.05, 0) is 37.1 Å². The van der Waals surface area contributed by atoms with Gasteiger partial charge in [0.05, 0.1) is 25.1 Å². The molecule has 1 atom stereocenters. The van der Waals surface area contributed by atoms with Gasteiger partial charge in [0.1, 0.15) is 17.6 Å². The summed E-state index contributed by atoms with van der Waals surface area (Å²) in [7, 11) is -0.144. The number of guanidine groups is 1. The SMILES string of the molecule is CN=C(NCCS(=O)(=O)N1CCc2ccccc21)NCC(C)Oc1cccc(OC)c1. The van der Waals surface area contributed by atoms with Gasteiger partial charge in [0.2, 0.25) is 10.0 Å². The van der Waals surface area contributed by atoms with E-state index in [1.165, 1.54) is 4.31 Å². The second-order valence-corrected chi connectivity index (χ2v) is 9.27. The Labute approximate surface area is 184 Å². The third-order valence-electron chi connectivity index (χ3n) is 4.99. The Kier molecular flexibility index (Phi) is 7.62. The Bertz CT molecular complexity index is 1010. The van der Waals surface area contributed by atoms with E-state index in [0.717, 1.165) is 23.4 Å². The molecule has 1 unspecified atom stereocenters. The Hall–Kier alpha value is -2.94. The Morgan fingerprint density at radius 3 is 2.71 bits per heavy atom. The van der Waals surface area contributed by atoms with E-state index in [4.69, 9.17) is 9.47 Å². The Morgan fingerprint density at radius 2 is 1.94 bits per heavy atom.